The maximum absolute atomic E-state index is 13.0. The van der Waals surface area contributed by atoms with Gasteiger partial charge in [0.05, 0.1) is 16.2 Å². The van der Waals surface area contributed by atoms with Crippen LogP contribution < -0.4 is 4.18 Å². The molecule has 0 amide bonds. The van der Waals surface area contributed by atoms with Crippen LogP contribution in [0.2, 0.25) is 5.02 Å². The summed E-state index contributed by atoms with van der Waals surface area (Å²) in [5.74, 6) is -0.506. The predicted molar refractivity (Wildman–Crippen MR) is 128 cm³/mol. The van der Waals surface area contributed by atoms with Crippen molar-refractivity contribution in [3.05, 3.63) is 82.3 Å². The van der Waals surface area contributed by atoms with Gasteiger partial charge in [-0.2, -0.15) is 26.7 Å². The molecule has 0 atom stereocenters. The Kier molecular flexibility index (Phi) is 6.54. The number of fused-ring (bicyclic) bond motifs is 1. The van der Waals surface area contributed by atoms with Gasteiger partial charge in [0.15, 0.2) is 5.75 Å². The molecule has 0 fully saturated rings. The minimum atomic E-state index is -5.88. The van der Waals surface area contributed by atoms with E-state index in [4.69, 9.17) is 11.6 Å². The third kappa shape index (κ3) is 4.85. The summed E-state index contributed by atoms with van der Waals surface area (Å²) in [6, 6.07) is 11.9. The molecule has 0 spiro atoms. The van der Waals surface area contributed by atoms with Crippen molar-refractivity contribution in [1.82, 2.24) is 14.8 Å². The number of benzene rings is 2. The molecule has 0 saturated heterocycles. The second-order valence-electron chi connectivity index (χ2n) is 8.30. The van der Waals surface area contributed by atoms with E-state index in [1.54, 1.807) is 17.8 Å². The van der Waals surface area contributed by atoms with Gasteiger partial charge in [0.25, 0.3) is 0 Å². The molecule has 184 valence electrons. The van der Waals surface area contributed by atoms with Crippen LogP contribution in [0.15, 0.2) is 54.9 Å². The van der Waals surface area contributed by atoms with Crippen molar-refractivity contribution in [1.29, 1.82) is 0 Å². The maximum Gasteiger partial charge on any atom is 0.534 e. The largest absolute Gasteiger partial charge is 0.534 e. The molecule has 0 unspecified atom stereocenters. The highest BCUT2D eigenvalue weighted by Crippen LogP contribution is 2.39. The first-order chi connectivity index (χ1) is 16.4. The van der Waals surface area contributed by atoms with Crippen molar-refractivity contribution in [2.75, 3.05) is 0 Å². The van der Waals surface area contributed by atoms with Gasteiger partial charge in [-0.25, -0.2) is 4.68 Å². The molecule has 0 aliphatic carbocycles. The van der Waals surface area contributed by atoms with E-state index in [2.05, 4.69) is 14.3 Å². The Morgan fingerprint density at radius 2 is 1.80 bits per heavy atom. The zero-order valence-electron chi connectivity index (χ0n) is 19.0. The lowest BCUT2D eigenvalue weighted by Crippen LogP contribution is -2.28. The van der Waals surface area contributed by atoms with Crippen LogP contribution in [0, 0.1) is 6.92 Å². The molecule has 0 aliphatic heterocycles. The van der Waals surface area contributed by atoms with Crippen LogP contribution in [-0.2, 0) is 16.5 Å². The number of hydrogen-bond acceptors (Lipinski definition) is 5. The molecule has 4 aromatic rings. The van der Waals surface area contributed by atoms with Crippen molar-refractivity contribution in [3.8, 4) is 11.4 Å². The maximum atomic E-state index is 13.0. The van der Waals surface area contributed by atoms with Gasteiger partial charge in [0, 0.05) is 23.5 Å². The molecule has 6 nitrogen and oxygen atoms in total. The number of nitrogens with zero attached hydrogens (tertiary/aromatic N) is 3. The minimum Gasteiger partial charge on any atom is -0.375 e. The predicted octanol–water partition coefficient (Wildman–Crippen LogP) is 6.32. The number of rotatable bonds is 6. The SMILES string of the molecule is Cc1c(Cc2ccc(-n3cccn3)cc2)c(C(C)C)nc2c(Cl)ccc(OS(=O)(=O)C(F)(F)F)c12. The minimum absolute atomic E-state index is 0.0315. The molecule has 0 saturated carbocycles. The molecular formula is C24H21ClF3N3O3S. The number of alkyl halides is 3. The fourth-order valence-corrected chi connectivity index (χ4v) is 4.55. The van der Waals surface area contributed by atoms with Crippen LogP contribution in [0.25, 0.3) is 16.6 Å². The van der Waals surface area contributed by atoms with Crippen molar-refractivity contribution < 1.29 is 25.8 Å². The third-order valence-corrected chi connectivity index (χ3v) is 6.85. The monoisotopic (exact) mass is 523 g/mol. The van der Waals surface area contributed by atoms with Crippen LogP contribution in [0.1, 0.15) is 42.1 Å². The lowest BCUT2D eigenvalue weighted by atomic mass is 9.91. The van der Waals surface area contributed by atoms with Crippen LogP contribution in [0.5, 0.6) is 5.75 Å². The Labute approximate surface area is 205 Å². The first kappa shape index (κ1) is 25.0. The number of aryl methyl sites for hydroxylation is 1. The van der Waals surface area contributed by atoms with Gasteiger partial charge < -0.3 is 4.18 Å². The van der Waals surface area contributed by atoms with Crippen LogP contribution in [0.3, 0.4) is 0 Å². The lowest BCUT2D eigenvalue weighted by Gasteiger charge is -2.20. The van der Waals surface area contributed by atoms with Gasteiger partial charge in [-0.15, -0.1) is 0 Å². The summed E-state index contributed by atoms with van der Waals surface area (Å²) in [6.45, 7) is 5.59. The van der Waals surface area contributed by atoms with Gasteiger partial charge in [-0.1, -0.05) is 37.6 Å². The van der Waals surface area contributed by atoms with E-state index in [1.165, 1.54) is 6.07 Å². The number of aromatic nitrogens is 3. The fraction of sp³-hybridized carbons (Fsp3) is 0.250. The summed E-state index contributed by atoms with van der Waals surface area (Å²) in [6.07, 6.45) is 3.92. The van der Waals surface area contributed by atoms with Crippen LogP contribution in [-0.4, -0.2) is 28.7 Å². The van der Waals surface area contributed by atoms with Gasteiger partial charge in [0.1, 0.15) is 0 Å². The van der Waals surface area contributed by atoms with Crippen molar-refractivity contribution in [3.63, 3.8) is 0 Å². The highest BCUT2D eigenvalue weighted by Gasteiger charge is 2.48. The van der Waals surface area contributed by atoms with E-state index < -0.39 is 21.4 Å². The zero-order valence-corrected chi connectivity index (χ0v) is 20.5. The van der Waals surface area contributed by atoms with Crippen molar-refractivity contribution >= 4 is 32.6 Å². The van der Waals surface area contributed by atoms with Gasteiger partial charge >= 0.3 is 15.6 Å². The zero-order chi connectivity index (χ0) is 25.5. The summed E-state index contributed by atoms with van der Waals surface area (Å²) in [5.41, 5.74) is -1.57. The molecule has 0 bridgehead atoms. The van der Waals surface area contributed by atoms with Gasteiger partial charge in [-0.3, -0.25) is 4.98 Å². The van der Waals surface area contributed by atoms with E-state index in [0.717, 1.165) is 22.9 Å². The highest BCUT2D eigenvalue weighted by molar-refractivity contribution is 7.88. The average Bonchev–Trinajstić information content (AvgIpc) is 3.31. The van der Waals surface area contributed by atoms with E-state index in [0.29, 0.717) is 17.7 Å². The van der Waals surface area contributed by atoms with Crippen LogP contribution >= 0.6 is 11.6 Å². The highest BCUT2D eigenvalue weighted by atomic mass is 35.5. The van der Waals surface area contributed by atoms with Crippen LogP contribution in [0.4, 0.5) is 13.2 Å². The topological polar surface area (TPSA) is 74.1 Å². The first-order valence-corrected chi connectivity index (χ1v) is 12.4. The summed E-state index contributed by atoms with van der Waals surface area (Å²) in [7, 11) is -5.88. The van der Waals surface area contributed by atoms with E-state index >= 15 is 0 Å². The molecule has 4 rings (SSSR count). The van der Waals surface area contributed by atoms with Crippen molar-refractivity contribution in [2.45, 2.75) is 38.6 Å². The molecular weight excluding hydrogens is 503 g/mol. The molecule has 0 N–H and O–H groups in total. The van der Waals surface area contributed by atoms with E-state index in [1.807, 2.05) is 50.4 Å². The van der Waals surface area contributed by atoms with E-state index in [-0.39, 0.29) is 21.8 Å². The molecule has 2 aromatic carbocycles. The lowest BCUT2D eigenvalue weighted by molar-refractivity contribution is -0.0499. The smallest absolute Gasteiger partial charge is 0.375 e. The Bertz CT molecular complexity index is 1480. The first-order valence-electron chi connectivity index (χ1n) is 10.6. The summed E-state index contributed by atoms with van der Waals surface area (Å²) >= 11 is 6.32. The normalized spacial score (nSPS) is 12.5. The number of hydrogen-bond donors (Lipinski definition) is 0. The molecule has 0 radical (unpaired) electrons. The average molecular weight is 524 g/mol. The summed E-state index contributed by atoms with van der Waals surface area (Å²) in [4.78, 5) is 4.64. The Hall–Kier alpha value is -3.11. The standard InChI is InChI=1S/C24H21ClF3N3O3S/c1-14(2)22-18(13-16-5-7-17(8-6-16)31-12-4-11-29-31)15(3)21-20(10-9-19(25)23(21)30-22)34-35(32,33)24(26,27)28/h4-12,14H,13H2,1-3H3. The molecule has 2 heterocycles. The Morgan fingerprint density at radius 3 is 2.37 bits per heavy atom. The van der Waals surface area contributed by atoms with E-state index in [9.17, 15) is 21.6 Å². The summed E-state index contributed by atoms with van der Waals surface area (Å²) < 4.78 is 68.7. The number of halogens is 4. The third-order valence-electron chi connectivity index (χ3n) is 5.58. The summed E-state index contributed by atoms with van der Waals surface area (Å²) in [5, 5.41) is 4.50. The Morgan fingerprint density at radius 1 is 1.11 bits per heavy atom. The fourth-order valence-electron chi connectivity index (χ4n) is 3.88. The molecule has 0 aliphatic rings. The Balaban J connectivity index is 1.85. The second-order valence-corrected chi connectivity index (χ2v) is 10.2. The molecule has 2 aromatic heterocycles. The van der Waals surface area contributed by atoms with Gasteiger partial charge in [-0.05, 0) is 66.3 Å². The second kappa shape index (κ2) is 9.16. The van der Waals surface area contributed by atoms with Gasteiger partial charge in [0.2, 0.25) is 0 Å². The quantitative estimate of drug-likeness (QED) is 0.218. The molecule has 35 heavy (non-hydrogen) atoms. The van der Waals surface area contributed by atoms with Crippen molar-refractivity contribution in [2.24, 2.45) is 0 Å². The number of pyridine rings is 1. The molecule has 11 heteroatoms.